The lowest BCUT2D eigenvalue weighted by Gasteiger charge is -2.08. The van der Waals surface area contributed by atoms with Gasteiger partial charge in [-0.15, -0.1) is 0 Å². The summed E-state index contributed by atoms with van der Waals surface area (Å²) in [5.74, 6) is -0.931. The molecule has 0 amide bonds. The van der Waals surface area contributed by atoms with Gasteiger partial charge in [0, 0.05) is 12.1 Å². The summed E-state index contributed by atoms with van der Waals surface area (Å²) in [6, 6.07) is 5.87. The fraction of sp³-hybridized carbons (Fsp3) is 0.375. The summed E-state index contributed by atoms with van der Waals surface area (Å²) in [7, 11) is 0. The molecule has 0 radical (unpaired) electrons. The van der Waals surface area contributed by atoms with Gasteiger partial charge in [-0.05, 0) is 44.4 Å². The van der Waals surface area contributed by atoms with Crippen LogP contribution in [0.1, 0.15) is 40.5 Å². The first-order valence-corrected chi connectivity index (χ1v) is 6.83. The van der Waals surface area contributed by atoms with Crippen molar-refractivity contribution in [1.82, 2.24) is 9.78 Å². The van der Waals surface area contributed by atoms with Gasteiger partial charge in [0.15, 0.2) is 0 Å². The van der Waals surface area contributed by atoms with Crippen molar-refractivity contribution in [2.24, 2.45) is 0 Å². The third kappa shape index (κ3) is 2.59. The predicted octanol–water partition coefficient (Wildman–Crippen LogP) is 3.58. The molecule has 0 fully saturated rings. The second-order valence-corrected chi connectivity index (χ2v) is 5.22. The fourth-order valence-electron chi connectivity index (χ4n) is 2.68. The van der Waals surface area contributed by atoms with E-state index in [0.717, 1.165) is 28.8 Å². The van der Waals surface area contributed by atoms with Crippen molar-refractivity contribution < 1.29 is 9.90 Å². The zero-order chi connectivity index (χ0) is 14.9. The number of carboxylic acids is 1. The molecule has 0 unspecified atom stereocenters. The summed E-state index contributed by atoms with van der Waals surface area (Å²) in [6.07, 6.45) is 0.854. The molecule has 0 aliphatic carbocycles. The number of carboxylic acid groups (broad SMARTS) is 1. The maximum atomic E-state index is 11.3. The van der Waals surface area contributed by atoms with Crippen LogP contribution in [0.3, 0.4) is 0 Å². The number of hydrogen-bond acceptors (Lipinski definition) is 2. The molecule has 0 aliphatic heterocycles. The molecule has 4 heteroatoms. The number of aromatic nitrogens is 2. The number of aromatic carboxylic acids is 1. The Morgan fingerprint density at radius 1 is 1.20 bits per heavy atom. The lowest BCUT2D eigenvalue weighted by Crippen LogP contribution is -2.09. The third-order valence-electron chi connectivity index (χ3n) is 3.37. The predicted molar refractivity (Wildman–Crippen MR) is 79.1 cm³/mol. The molecule has 1 aromatic carbocycles. The van der Waals surface area contributed by atoms with Crippen LogP contribution < -0.4 is 0 Å². The Balaban J connectivity index is 2.59. The van der Waals surface area contributed by atoms with E-state index in [9.17, 15) is 9.90 Å². The van der Waals surface area contributed by atoms with E-state index in [0.29, 0.717) is 6.54 Å². The molecular weight excluding hydrogens is 252 g/mol. The van der Waals surface area contributed by atoms with Crippen molar-refractivity contribution in [3.8, 4) is 11.3 Å². The molecule has 0 saturated carbocycles. The number of rotatable bonds is 4. The van der Waals surface area contributed by atoms with Gasteiger partial charge in [0.05, 0.1) is 5.69 Å². The van der Waals surface area contributed by atoms with Crippen LogP contribution in [0.25, 0.3) is 11.3 Å². The molecule has 1 N–H and O–H groups in total. The summed E-state index contributed by atoms with van der Waals surface area (Å²) < 4.78 is 1.58. The first kappa shape index (κ1) is 14.3. The minimum absolute atomic E-state index is 0.251. The summed E-state index contributed by atoms with van der Waals surface area (Å²) in [6.45, 7) is 8.76. The van der Waals surface area contributed by atoms with Crippen molar-refractivity contribution in [2.75, 3.05) is 0 Å². The van der Waals surface area contributed by atoms with E-state index < -0.39 is 5.97 Å². The summed E-state index contributed by atoms with van der Waals surface area (Å²) in [4.78, 5) is 11.3. The zero-order valence-corrected chi connectivity index (χ0v) is 12.4. The van der Waals surface area contributed by atoms with Crippen LogP contribution >= 0.6 is 0 Å². The maximum absolute atomic E-state index is 11.3. The first-order valence-electron chi connectivity index (χ1n) is 6.83. The van der Waals surface area contributed by atoms with Crippen molar-refractivity contribution in [2.45, 2.75) is 40.7 Å². The highest BCUT2D eigenvalue weighted by Gasteiger charge is 2.17. The molecule has 0 spiro atoms. The lowest BCUT2D eigenvalue weighted by atomic mass is 9.97. The van der Waals surface area contributed by atoms with E-state index >= 15 is 0 Å². The lowest BCUT2D eigenvalue weighted by molar-refractivity contribution is 0.0683. The van der Waals surface area contributed by atoms with Gasteiger partial charge in [0.1, 0.15) is 5.69 Å². The van der Waals surface area contributed by atoms with Gasteiger partial charge in [-0.2, -0.15) is 5.10 Å². The van der Waals surface area contributed by atoms with Crippen LogP contribution in [0.2, 0.25) is 0 Å². The van der Waals surface area contributed by atoms with Gasteiger partial charge in [-0.25, -0.2) is 4.79 Å². The molecule has 0 aliphatic rings. The van der Waals surface area contributed by atoms with Gasteiger partial charge in [-0.1, -0.05) is 24.6 Å². The second-order valence-electron chi connectivity index (χ2n) is 5.22. The number of aryl methyl sites for hydroxylation is 4. The Kier molecular flexibility index (Phi) is 3.93. The molecule has 0 bridgehead atoms. The van der Waals surface area contributed by atoms with Crippen molar-refractivity contribution >= 4 is 5.97 Å². The van der Waals surface area contributed by atoms with E-state index in [4.69, 9.17) is 0 Å². The van der Waals surface area contributed by atoms with Crippen LogP contribution in [0.15, 0.2) is 18.2 Å². The Morgan fingerprint density at radius 2 is 1.80 bits per heavy atom. The molecule has 2 aromatic rings. The average Bonchev–Trinajstić information content (AvgIpc) is 2.72. The van der Waals surface area contributed by atoms with Gasteiger partial charge in [-0.3, -0.25) is 4.68 Å². The van der Waals surface area contributed by atoms with E-state index in [2.05, 4.69) is 24.2 Å². The molecule has 0 saturated heterocycles. The van der Waals surface area contributed by atoms with Crippen LogP contribution in [-0.2, 0) is 6.54 Å². The van der Waals surface area contributed by atoms with Crippen molar-refractivity contribution in [1.29, 1.82) is 0 Å². The highest BCUT2D eigenvalue weighted by molar-refractivity contribution is 5.87. The van der Waals surface area contributed by atoms with E-state index in [1.807, 2.05) is 20.8 Å². The molecule has 4 nitrogen and oxygen atoms in total. The molecule has 20 heavy (non-hydrogen) atoms. The van der Waals surface area contributed by atoms with Crippen LogP contribution in [-0.4, -0.2) is 20.9 Å². The van der Waals surface area contributed by atoms with E-state index in [-0.39, 0.29) is 5.69 Å². The molecular formula is C16H20N2O2. The Bertz CT molecular complexity index is 633. The van der Waals surface area contributed by atoms with Gasteiger partial charge >= 0.3 is 5.97 Å². The highest BCUT2D eigenvalue weighted by atomic mass is 16.4. The van der Waals surface area contributed by atoms with Gasteiger partial charge < -0.3 is 5.11 Å². The van der Waals surface area contributed by atoms with Crippen molar-refractivity contribution in [3.05, 3.63) is 40.6 Å². The maximum Gasteiger partial charge on any atom is 0.354 e. The number of benzene rings is 1. The molecule has 106 valence electrons. The summed E-state index contributed by atoms with van der Waals surface area (Å²) >= 11 is 0. The van der Waals surface area contributed by atoms with Crippen LogP contribution in [0.5, 0.6) is 0 Å². The first-order chi connectivity index (χ1) is 9.43. The largest absolute Gasteiger partial charge is 0.477 e. The highest BCUT2D eigenvalue weighted by Crippen LogP contribution is 2.28. The molecule has 0 atom stereocenters. The van der Waals surface area contributed by atoms with Crippen molar-refractivity contribution in [3.63, 3.8) is 0 Å². The summed E-state index contributed by atoms with van der Waals surface area (Å²) in [5, 5.41) is 13.8. The molecule has 2 rings (SSSR count). The van der Waals surface area contributed by atoms with Gasteiger partial charge in [0.25, 0.3) is 0 Å². The van der Waals surface area contributed by atoms with Crippen LogP contribution in [0, 0.1) is 20.8 Å². The molecule has 1 heterocycles. The normalized spacial score (nSPS) is 10.8. The third-order valence-corrected chi connectivity index (χ3v) is 3.37. The fourth-order valence-corrected chi connectivity index (χ4v) is 2.68. The Morgan fingerprint density at radius 3 is 2.30 bits per heavy atom. The second kappa shape index (κ2) is 5.49. The number of nitrogens with zero attached hydrogens (tertiary/aromatic N) is 2. The Labute approximate surface area is 119 Å². The number of carbonyl (C=O) groups is 1. The van der Waals surface area contributed by atoms with E-state index in [1.54, 1.807) is 10.7 Å². The minimum Gasteiger partial charge on any atom is -0.477 e. The molecule has 1 aromatic heterocycles. The zero-order valence-electron chi connectivity index (χ0n) is 12.4. The summed E-state index contributed by atoms with van der Waals surface area (Å²) in [5.41, 5.74) is 5.48. The monoisotopic (exact) mass is 272 g/mol. The van der Waals surface area contributed by atoms with Gasteiger partial charge in [0.2, 0.25) is 0 Å². The standard InChI is InChI=1S/C16H20N2O2/c1-5-6-18-14(16(19)20)9-13(17-18)15-11(3)7-10(2)8-12(15)4/h7-9H,5-6H2,1-4H3,(H,19,20). The smallest absolute Gasteiger partial charge is 0.354 e. The average molecular weight is 272 g/mol. The quantitative estimate of drug-likeness (QED) is 0.925. The Hall–Kier alpha value is -2.10. The number of hydrogen-bond donors (Lipinski definition) is 1. The SMILES string of the molecule is CCCn1nc(-c2c(C)cc(C)cc2C)cc1C(=O)O. The van der Waals surface area contributed by atoms with Crippen LogP contribution in [0.4, 0.5) is 0 Å². The van der Waals surface area contributed by atoms with E-state index in [1.165, 1.54) is 5.56 Å². The minimum atomic E-state index is -0.931. The topological polar surface area (TPSA) is 55.1 Å².